The molecule has 0 amide bonds. The van der Waals surface area contributed by atoms with Crippen LogP contribution in [0.3, 0.4) is 0 Å². The second kappa shape index (κ2) is 5.67. The molecule has 0 radical (unpaired) electrons. The molecule has 0 bridgehead atoms. The van der Waals surface area contributed by atoms with E-state index in [1.165, 1.54) is 7.11 Å². The molecule has 1 heterocycles. The minimum absolute atomic E-state index is 0. The van der Waals surface area contributed by atoms with Crippen molar-refractivity contribution in [1.82, 2.24) is 5.32 Å². The average Bonchev–Trinajstić information content (AvgIpc) is 2.50. The molecule has 5 heteroatoms. The van der Waals surface area contributed by atoms with Crippen LogP contribution in [0.5, 0.6) is 0 Å². The number of esters is 1. The van der Waals surface area contributed by atoms with Gasteiger partial charge in [0, 0.05) is 11.8 Å². The molecule has 2 unspecified atom stereocenters. The first-order chi connectivity index (χ1) is 5.27. The maximum atomic E-state index is 11.0. The summed E-state index contributed by atoms with van der Waals surface area (Å²) in [7, 11) is 1.43. The molecule has 1 saturated heterocycles. The maximum Gasteiger partial charge on any atom is 0.322 e. The van der Waals surface area contributed by atoms with Gasteiger partial charge in [0.1, 0.15) is 6.04 Å². The van der Waals surface area contributed by atoms with Crippen LogP contribution in [0.4, 0.5) is 0 Å². The molecule has 0 aromatic heterocycles. The van der Waals surface area contributed by atoms with Gasteiger partial charge in [0.2, 0.25) is 0 Å². The fourth-order valence-corrected chi connectivity index (χ4v) is 1.85. The van der Waals surface area contributed by atoms with Crippen LogP contribution in [0.1, 0.15) is 6.42 Å². The van der Waals surface area contributed by atoms with Crippen LogP contribution in [0, 0.1) is 0 Å². The summed E-state index contributed by atoms with van der Waals surface area (Å²) in [6.07, 6.45) is 2.96. The molecular formula is C7H14ClNO2S. The first-order valence-corrected chi connectivity index (χ1v) is 4.90. The first-order valence-electron chi connectivity index (χ1n) is 3.62. The number of hydrogen-bond donors (Lipinski definition) is 1. The van der Waals surface area contributed by atoms with E-state index >= 15 is 0 Å². The number of rotatable bonds is 2. The third kappa shape index (κ3) is 2.84. The maximum absolute atomic E-state index is 11.0. The molecule has 0 aromatic carbocycles. The molecule has 72 valence electrons. The van der Waals surface area contributed by atoms with Gasteiger partial charge in [-0.2, -0.15) is 11.8 Å². The SMILES string of the molecule is COC(=O)C1CC(SC)CN1.Cl. The van der Waals surface area contributed by atoms with Crippen molar-refractivity contribution in [2.24, 2.45) is 0 Å². The highest BCUT2D eigenvalue weighted by molar-refractivity contribution is 7.99. The highest BCUT2D eigenvalue weighted by Crippen LogP contribution is 2.18. The van der Waals surface area contributed by atoms with Crippen molar-refractivity contribution < 1.29 is 9.53 Å². The largest absolute Gasteiger partial charge is 0.468 e. The Hall–Kier alpha value is 0.0700. The van der Waals surface area contributed by atoms with Gasteiger partial charge in [0.25, 0.3) is 0 Å². The third-order valence-corrected chi connectivity index (χ3v) is 2.94. The number of carbonyl (C=O) groups excluding carboxylic acids is 1. The standard InChI is InChI=1S/C7H13NO2S.ClH/c1-10-7(9)6-3-5(11-2)4-8-6;/h5-6,8H,3-4H2,1-2H3;1H. The lowest BCUT2D eigenvalue weighted by molar-refractivity contribution is -0.142. The van der Waals surface area contributed by atoms with Crippen LogP contribution < -0.4 is 5.32 Å². The van der Waals surface area contributed by atoms with E-state index in [1.54, 1.807) is 11.8 Å². The highest BCUT2D eigenvalue weighted by atomic mass is 35.5. The van der Waals surface area contributed by atoms with Crippen molar-refractivity contribution in [1.29, 1.82) is 0 Å². The molecule has 0 aromatic rings. The molecule has 1 N–H and O–H groups in total. The van der Waals surface area contributed by atoms with Gasteiger partial charge in [-0.25, -0.2) is 0 Å². The van der Waals surface area contributed by atoms with E-state index in [9.17, 15) is 4.79 Å². The van der Waals surface area contributed by atoms with E-state index in [0.29, 0.717) is 5.25 Å². The fraction of sp³-hybridized carbons (Fsp3) is 0.857. The van der Waals surface area contributed by atoms with Gasteiger partial charge in [0.15, 0.2) is 0 Å². The summed E-state index contributed by atoms with van der Waals surface area (Å²) in [6, 6.07) is -0.0718. The summed E-state index contributed by atoms with van der Waals surface area (Å²) in [5, 5.41) is 3.68. The molecule has 2 atom stereocenters. The Kier molecular flexibility index (Phi) is 5.70. The number of halogens is 1. The van der Waals surface area contributed by atoms with E-state index in [1.807, 2.05) is 0 Å². The van der Waals surface area contributed by atoms with Gasteiger partial charge in [-0.1, -0.05) is 0 Å². The lowest BCUT2D eigenvalue weighted by Crippen LogP contribution is -2.31. The topological polar surface area (TPSA) is 38.3 Å². The average molecular weight is 212 g/mol. The minimum atomic E-state index is -0.137. The van der Waals surface area contributed by atoms with Gasteiger partial charge in [0.05, 0.1) is 7.11 Å². The van der Waals surface area contributed by atoms with E-state index in [2.05, 4.69) is 16.3 Å². The van der Waals surface area contributed by atoms with E-state index in [0.717, 1.165) is 13.0 Å². The summed E-state index contributed by atoms with van der Waals surface area (Å²) in [5.41, 5.74) is 0. The van der Waals surface area contributed by atoms with Gasteiger partial charge >= 0.3 is 5.97 Å². The van der Waals surface area contributed by atoms with Crippen molar-refractivity contribution in [3.8, 4) is 0 Å². The monoisotopic (exact) mass is 211 g/mol. The highest BCUT2D eigenvalue weighted by Gasteiger charge is 2.29. The number of ether oxygens (including phenoxy) is 1. The van der Waals surface area contributed by atoms with Crippen LogP contribution in [-0.2, 0) is 9.53 Å². The predicted molar refractivity (Wildman–Crippen MR) is 53.0 cm³/mol. The molecule has 0 spiro atoms. The number of nitrogens with one attached hydrogen (secondary N) is 1. The number of thioether (sulfide) groups is 1. The van der Waals surface area contributed by atoms with Gasteiger partial charge in [-0.05, 0) is 12.7 Å². The third-order valence-electron chi connectivity index (χ3n) is 1.91. The van der Waals surface area contributed by atoms with E-state index in [4.69, 9.17) is 0 Å². The molecule has 1 aliphatic rings. The zero-order valence-corrected chi connectivity index (χ0v) is 8.83. The first kappa shape index (κ1) is 12.1. The quantitative estimate of drug-likeness (QED) is 0.682. The van der Waals surface area contributed by atoms with Gasteiger partial charge in [-0.15, -0.1) is 12.4 Å². The normalized spacial score (nSPS) is 27.8. The zero-order valence-electron chi connectivity index (χ0n) is 7.20. The van der Waals surface area contributed by atoms with Crippen LogP contribution >= 0.6 is 24.2 Å². The van der Waals surface area contributed by atoms with Gasteiger partial charge in [-0.3, -0.25) is 4.79 Å². The lowest BCUT2D eigenvalue weighted by Gasteiger charge is -2.05. The molecular weight excluding hydrogens is 198 g/mol. The Bertz CT molecular complexity index is 156. The molecule has 1 rings (SSSR count). The summed E-state index contributed by atoms with van der Waals surface area (Å²) in [6.45, 7) is 0.918. The van der Waals surface area contributed by atoms with Crippen molar-refractivity contribution in [3.05, 3.63) is 0 Å². The Balaban J connectivity index is 0.00000121. The van der Waals surface area contributed by atoms with Crippen molar-refractivity contribution in [2.75, 3.05) is 19.9 Å². The Labute approximate surface area is 83.0 Å². The Morgan fingerprint density at radius 3 is 2.75 bits per heavy atom. The molecule has 0 aliphatic carbocycles. The number of carbonyl (C=O) groups is 1. The number of hydrogen-bond acceptors (Lipinski definition) is 4. The van der Waals surface area contributed by atoms with Crippen LogP contribution in [-0.4, -0.2) is 37.2 Å². The molecule has 0 saturated carbocycles. The zero-order chi connectivity index (χ0) is 8.27. The Morgan fingerprint density at radius 2 is 2.33 bits per heavy atom. The molecule has 12 heavy (non-hydrogen) atoms. The predicted octanol–water partition coefficient (Wildman–Crippen LogP) is 0.675. The summed E-state index contributed by atoms with van der Waals surface area (Å²) < 4.78 is 4.62. The van der Waals surface area contributed by atoms with Crippen molar-refractivity contribution in [2.45, 2.75) is 17.7 Å². The van der Waals surface area contributed by atoms with Crippen molar-refractivity contribution >= 4 is 30.1 Å². The smallest absolute Gasteiger partial charge is 0.322 e. The van der Waals surface area contributed by atoms with Crippen LogP contribution in [0.15, 0.2) is 0 Å². The molecule has 3 nitrogen and oxygen atoms in total. The van der Waals surface area contributed by atoms with Crippen molar-refractivity contribution in [3.63, 3.8) is 0 Å². The second-order valence-corrected chi connectivity index (χ2v) is 3.72. The summed E-state index contributed by atoms with van der Waals surface area (Å²) in [5.74, 6) is -0.137. The van der Waals surface area contributed by atoms with Crippen LogP contribution in [0.25, 0.3) is 0 Å². The minimum Gasteiger partial charge on any atom is -0.468 e. The van der Waals surface area contributed by atoms with Gasteiger partial charge < -0.3 is 10.1 Å². The molecule has 1 aliphatic heterocycles. The lowest BCUT2D eigenvalue weighted by atomic mass is 10.2. The fourth-order valence-electron chi connectivity index (χ4n) is 1.20. The summed E-state index contributed by atoms with van der Waals surface area (Å²) >= 11 is 1.79. The van der Waals surface area contributed by atoms with Crippen LogP contribution in [0.2, 0.25) is 0 Å². The Morgan fingerprint density at radius 1 is 1.67 bits per heavy atom. The second-order valence-electron chi connectivity index (χ2n) is 2.58. The molecule has 1 fully saturated rings. The number of methoxy groups -OCH3 is 1. The van der Waals surface area contributed by atoms with E-state index < -0.39 is 0 Å². The summed E-state index contributed by atoms with van der Waals surface area (Å²) in [4.78, 5) is 11.0. The van der Waals surface area contributed by atoms with E-state index in [-0.39, 0.29) is 24.4 Å².